The van der Waals surface area contributed by atoms with Gasteiger partial charge in [-0.05, 0) is 19.3 Å². The van der Waals surface area contributed by atoms with Crippen LogP contribution in [0.1, 0.15) is 85.0 Å². The molecule has 21 heavy (non-hydrogen) atoms. The Balaban J connectivity index is 3.25. The molecule has 0 amide bonds. The summed E-state index contributed by atoms with van der Waals surface area (Å²) in [6.07, 6.45) is 12.6. The fourth-order valence-corrected chi connectivity index (χ4v) is 2.48. The van der Waals surface area contributed by atoms with Crippen LogP contribution in [0.2, 0.25) is 0 Å². The standard InChI is InChI=1S/C19H40NO/c1-19(2,3)18(21)16-14-12-10-8-7-9-11-13-15-17-20(4,5)6/h7-17H2,1-6H3/q+1. The zero-order chi connectivity index (χ0) is 16.4. The molecule has 2 heteroatoms. The van der Waals surface area contributed by atoms with Gasteiger partial charge in [-0.3, -0.25) is 4.79 Å². The molecule has 0 aliphatic heterocycles. The van der Waals surface area contributed by atoms with E-state index in [9.17, 15) is 4.79 Å². The molecule has 0 unspecified atom stereocenters. The lowest BCUT2D eigenvalue weighted by atomic mass is 9.88. The van der Waals surface area contributed by atoms with E-state index in [1.54, 1.807) is 0 Å². The first-order chi connectivity index (χ1) is 9.63. The van der Waals surface area contributed by atoms with Crippen molar-refractivity contribution >= 4 is 5.78 Å². The van der Waals surface area contributed by atoms with Gasteiger partial charge < -0.3 is 4.48 Å². The first kappa shape index (κ1) is 20.6. The summed E-state index contributed by atoms with van der Waals surface area (Å²) >= 11 is 0. The molecule has 0 saturated carbocycles. The summed E-state index contributed by atoms with van der Waals surface area (Å²) in [5.74, 6) is 0.416. The molecule has 0 fully saturated rings. The second-order valence-corrected chi connectivity index (χ2v) is 8.62. The summed E-state index contributed by atoms with van der Waals surface area (Å²) in [5, 5.41) is 0. The Hall–Kier alpha value is -0.370. The van der Waals surface area contributed by atoms with E-state index in [0.29, 0.717) is 5.78 Å². The Morgan fingerprint density at radius 1 is 0.714 bits per heavy atom. The number of Topliss-reactive ketones (excluding diaryl/α,β-unsaturated/α-hetero) is 1. The Labute approximate surface area is 133 Å². The molecular weight excluding hydrogens is 258 g/mol. The quantitative estimate of drug-likeness (QED) is 0.357. The van der Waals surface area contributed by atoms with Gasteiger partial charge in [-0.15, -0.1) is 0 Å². The van der Waals surface area contributed by atoms with Crippen LogP contribution in [0.3, 0.4) is 0 Å². The van der Waals surface area contributed by atoms with Gasteiger partial charge in [-0.25, -0.2) is 0 Å². The van der Waals surface area contributed by atoms with E-state index >= 15 is 0 Å². The molecule has 0 N–H and O–H groups in total. The van der Waals surface area contributed by atoms with Crippen LogP contribution >= 0.6 is 0 Å². The molecule has 0 radical (unpaired) electrons. The Morgan fingerprint density at radius 2 is 1.10 bits per heavy atom. The minimum Gasteiger partial charge on any atom is -0.331 e. The number of carbonyl (C=O) groups excluding carboxylic acids is 1. The average Bonchev–Trinajstić information content (AvgIpc) is 2.33. The van der Waals surface area contributed by atoms with E-state index in [0.717, 1.165) is 17.3 Å². The highest BCUT2D eigenvalue weighted by atomic mass is 16.1. The number of carbonyl (C=O) groups is 1. The lowest BCUT2D eigenvalue weighted by Crippen LogP contribution is -2.35. The van der Waals surface area contributed by atoms with Gasteiger partial charge in [-0.2, -0.15) is 0 Å². The van der Waals surface area contributed by atoms with Crippen molar-refractivity contribution in [2.45, 2.75) is 85.0 Å². The number of hydrogen-bond donors (Lipinski definition) is 0. The third-order valence-electron chi connectivity index (χ3n) is 4.07. The minimum absolute atomic E-state index is 0.147. The Bertz CT molecular complexity index is 270. The fraction of sp³-hybridized carbons (Fsp3) is 0.947. The second-order valence-electron chi connectivity index (χ2n) is 8.62. The van der Waals surface area contributed by atoms with Crippen LogP contribution in [-0.2, 0) is 4.79 Å². The predicted octanol–water partition coefficient (Wildman–Crippen LogP) is 5.21. The molecule has 0 atom stereocenters. The largest absolute Gasteiger partial charge is 0.331 e. The monoisotopic (exact) mass is 298 g/mol. The van der Waals surface area contributed by atoms with Crippen molar-refractivity contribution < 1.29 is 9.28 Å². The number of hydrogen-bond acceptors (Lipinski definition) is 1. The van der Waals surface area contributed by atoms with Crippen molar-refractivity contribution in [3.63, 3.8) is 0 Å². The zero-order valence-electron chi connectivity index (χ0n) is 15.6. The van der Waals surface area contributed by atoms with Gasteiger partial charge in [0.25, 0.3) is 0 Å². The molecule has 0 aromatic rings. The maximum Gasteiger partial charge on any atom is 0.138 e. The van der Waals surface area contributed by atoms with Crippen molar-refractivity contribution in [1.82, 2.24) is 0 Å². The molecule has 126 valence electrons. The lowest BCUT2D eigenvalue weighted by molar-refractivity contribution is -0.870. The summed E-state index contributed by atoms with van der Waals surface area (Å²) in [5.41, 5.74) is -0.147. The molecule has 0 bridgehead atoms. The summed E-state index contributed by atoms with van der Waals surface area (Å²) in [6, 6.07) is 0. The topological polar surface area (TPSA) is 17.1 Å². The Morgan fingerprint density at radius 3 is 1.48 bits per heavy atom. The van der Waals surface area contributed by atoms with Crippen LogP contribution < -0.4 is 0 Å². The fourth-order valence-electron chi connectivity index (χ4n) is 2.48. The van der Waals surface area contributed by atoms with E-state index in [4.69, 9.17) is 0 Å². The number of ketones is 1. The Kier molecular flexibility index (Phi) is 10.2. The van der Waals surface area contributed by atoms with E-state index in [1.165, 1.54) is 57.9 Å². The van der Waals surface area contributed by atoms with Crippen molar-refractivity contribution in [2.24, 2.45) is 5.41 Å². The van der Waals surface area contributed by atoms with Crippen LogP contribution in [-0.4, -0.2) is 38.0 Å². The number of unbranched alkanes of at least 4 members (excludes halogenated alkanes) is 8. The van der Waals surface area contributed by atoms with Gasteiger partial charge in [-0.1, -0.05) is 59.3 Å². The van der Waals surface area contributed by atoms with Crippen molar-refractivity contribution in [2.75, 3.05) is 27.7 Å². The number of rotatable bonds is 12. The van der Waals surface area contributed by atoms with Gasteiger partial charge in [0.2, 0.25) is 0 Å². The molecular formula is C19H40NO+. The number of nitrogens with zero attached hydrogens (tertiary/aromatic N) is 1. The molecule has 0 rings (SSSR count). The number of quaternary nitrogens is 1. The van der Waals surface area contributed by atoms with E-state index < -0.39 is 0 Å². The maximum absolute atomic E-state index is 11.8. The SMILES string of the molecule is CC(C)(C)C(=O)CCCCCCCCCCC[N+](C)(C)C. The predicted molar refractivity (Wildman–Crippen MR) is 93.5 cm³/mol. The summed E-state index contributed by atoms with van der Waals surface area (Å²) < 4.78 is 1.09. The zero-order valence-corrected chi connectivity index (χ0v) is 15.6. The van der Waals surface area contributed by atoms with Gasteiger partial charge in [0.05, 0.1) is 27.7 Å². The molecule has 0 aromatic heterocycles. The first-order valence-corrected chi connectivity index (χ1v) is 8.97. The van der Waals surface area contributed by atoms with Gasteiger partial charge >= 0.3 is 0 Å². The van der Waals surface area contributed by atoms with Gasteiger partial charge in [0.1, 0.15) is 5.78 Å². The normalized spacial score (nSPS) is 12.7. The minimum atomic E-state index is -0.147. The molecule has 0 saturated heterocycles. The molecule has 0 spiro atoms. The summed E-state index contributed by atoms with van der Waals surface area (Å²) in [6.45, 7) is 7.36. The highest BCUT2D eigenvalue weighted by Crippen LogP contribution is 2.19. The molecule has 0 heterocycles. The average molecular weight is 299 g/mol. The van der Waals surface area contributed by atoms with Crippen LogP contribution in [0.5, 0.6) is 0 Å². The second kappa shape index (κ2) is 10.4. The van der Waals surface area contributed by atoms with Crippen LogP contribution in [0.15, 0.2) is 0 Å². The first-order valence-electron chi connectivity index (χ1n) is 8.97. The van der Waals surface area contributed by atoms with Crippen LogP contribution in [0, 0.1) is 5.41 Å². The maximum atomic E-state index is 11.8. The third kappa shape index (κ3) is 14.3. The van der Waals surface area contributed by atoms with Crippen LogP contribution in [0.4, 0.5) is 0 Å². The summed E-state index contributed by atoms with van der Waals surface area (Å²) in [4.78, 5) is 11.8. The van der Waals surface area contributed by atoms with E-state index in [2.05, 4.69) is 21.1 Å². The van der Waals surface area contributed by atoms with Crippen molar-refractivity contribution in [3.8, 4) is 0 Å². The van der Waals surface area contributed by atoms with Gasteiger partial charge in [0, 0.05) is 11.8 Å². The van der Waals surface area contributed by atoms with Crippen molar-refractivity contribution in [3.05, 3.63) is 0 Å². The van der Waals surface area contributed by atoms with E-state index in [1.807, 2.05) is 20.8 Å². The third-order valence-corrected chi connectivity index (χ3v) is 4.07. The van der Waals surface area contributed by atoms with Crippen LogP contribution in [0.25, 0.3) is 0 Å². The highest BCUT2D eigenvalue weighted by Gasteiger charge is 2.19. The molecule has 2 nitrogen and oxygen atoms in total. The molecule has 0 aliphatic carbocycles. The highest BCUT2D eigenvalue weighted by molar-refractivity contribution is 5.83. The van der Waals surface area contributed by atoms with E-state index in [-0.39, 0.29) is 5.41 Å². The molecule has 0 aliphatic rings. The van der Waals surface area contributed by atoms with Crippen molar-refractivity contribution in [1.29, 1.82) is 0 Å². The lowest BCUT2D eigenvalue weighted by Gasteiger charge is -2.23. The summed E-state index contributed by atoms with van der Waals surface area (Å²) in [7, 11) is 6.80. The van der Waals surface area contributed by atoms with Gasteiger partial charge in [0.15, 0.2) is 0 Å². The smallest absolute Gasteiger partial charge is 0.138 e. The molecule has 0 aromatic carbocycles.